The Morgan fingerprint density at radius 2 is 1.80 bits per heavy atom. The summed E-state index contributed by atoms with van der Waals surface area (Å²) in [5.74, 6) is -4.42. The summed E-state index contributed by atoms with van der Waals surface area (Å²) in [5, 5.41) is 9.12. The Morgan fingerprint density at radius 1 is 1.20 bits per heavy atom. The highest BCUT2D eigenvalue weighted by Crippen LogP contribution is 2.28. The largest absolute Gasteiger partial charge is 0.396 e. The van der Waals surface area contributed by atoms with E-state index in [2.05, 4.69) is 4.72 Å². The van der Waals surface area contributed by atoms with Crippen molar-refractivity contribution in [2.24, 2.45) is 5.92 Å². The van der Waals surface area contributed by atoms with E-state index in [9.17, 15) is 21.6 Å². The molecule has 1 saturated carbocycles. The van der Waals surface area contributed by atoms with Crippen LogP contribution in [0.3, 0.4) is 0 Å². The van der Waals surface area contributed by atoms with Crippen molar-refractivity contribution in [1.29, 1.82) is 0 Å². The zero-order valence-electron chi connectivity index (χ0n) is 10.4. The van der Waals surface area contributed by atoms with Crippen LogP contribution in [0.15, 0.2) is 17.0 Å². The molecule has 1 aliphatic rings. The average molecular weight is 309 g/mol. The minimum atomic E-state index is -4.44. The van der Waals surface area contributed by atoms with Crippen LogP contribution < -0.4 is 4.72 Å². The monoisotopic (exact) mass is 309 g/mol. The van der Waals surface area contributed by atoms with Crippen molar-refractivity contribution < 1.29 is 26.7 Å². The molecule has 8 heteroatoms. The van der Waals surface area contributed by atoms with Gasteiger partial charge in [0, 0.05) is 24.8 Å². The molecule has 0 aliphatic heterocycles. The average Bonchev–Trinajstić information content (AvgIpc) is 2.73. The van der Waals surface area contributed by atoms with Crippen LogP contribution in [-0.4, -0.2) is 26.2 Å². The van der Waals surface area contributed by atoms with Gasteiger partial charge in [0.2, 0.25) is 10.0 Å². The lowest BCUT2D eigenvalue weighted by atomic mass is 10.1. The molecule has 0 aromatic heterocycles. The van der Waals surface area contributed by atoms with Crippen LogP contribution in [0.5, 0.6) is 0 Å². The Morgan fingerprint density at radius 3 is 2.35 bits per heavy atom. The highest BCUT2D eigenvalue weighted by Gasteiger charge is 2.33. The van der Waals surface area contributed by atoms with E-state index in [0.29, 0.717) is 31.4 Å². The van der Waals surface area contributed by atoms with E-state index in [-0.39, 0.29) is 12.5 Å². The van der Waals surface area contributed by atoms with Gasteiger partial charge >= 0.3 is 0 Å². The molecular weight excluding hydrogens is 295 g/mol. The molecule has 2 unspecified atom stereocenters. The second-order valence-electron chi connectivity index (χ2n) is 4.80. The fraction of sp³-hybridized carbons (Fsp3) is 0.500. The number of hydrogen-bond donors (Lipinski definition) is 2. The van der Waals surface area contributed by atoms with Gasteiger partial charge in [0.1, 0.15) is 17.5 Å². The molecule has 1 aromatic carbocycles. The molecule has 1 fully saturated rings. The van der Waals surface area contributed by atoms with Gasteiger partial charge in [-0.3, -0.25) is 0 Å². The van der Waals surface area contributed by atoms with Crippen LogP contribution in [0, 0.1) is 23.4 Å². The van der Waals surface area contributed by atoms with Crippen LogP contribution in [0.1, 0.15) is 19.3 Å². The summed E-state index contributed by atoms with van der Waals surface area (Å²) in [6, 6.07) is 0.0555. The van der Waals surface area contributed by atoms with E-state index in [1.807, 2.05) is 0 Å². The summed E-state index contributed by atoms with van der Waals surface area (Å²) in [4.78, 5) is -1.19. The smallest absolute Gasteiger partial charge is 0.246 e. The highest BCUT2D eigenvalue weighted by atomic mass is 32.2. The Balaban J connectivity index is 2.32. The number of halogens is 3. The van der Waals surface area contributed by atoms with Crippen LogP contribution in [0.25, 0.3) is 0 Å². The summed E-state index contributed by atoms with van der Waals surface area (Å²) in [5.41, 5.74) is 0. The molecule has 2 rings (SSSR count). The van der Waals surface area contributed by atoms with Gasteiger partial charge in [-0.1, -0.05) is 6.42 Å². The first-order chi connectivity index (χ1) is 9.35. The lowest BCUT2D eigenvalue weighted by molar-refractivity contribution is 0.213. The van der Waals surface area contributed by atoms with Crippen LogP contribution in [0.4, 0.5) is 13.2 Å². The molecule has 0 bridgehead atoms. The second-order valence-corrected chi connectivity index (χ2v) is 6.45. The summed E-state index contributed by atoms with van der Waals surface area (Å²) < 4.78 is 66.0. The fourth-order valence-electron chi connectivity index (χ4n) is 2.45. The van der Waals surface area contributed by atoms with Crippen molar-refractivity contribution in [1.82, 2.24) is 4.72 Å². The number of hydrogen-bond acceptors (Lipinski definition) is 3. The number of aliphatic hydroxyl groups is 1. The van der Waals surface area contributed by atoms with Crippen molar-refractivity contribution in [3.05, 3.63) is 29.6 Å². The highest BCUT2D eigenvalue weighted by molar-refractivity contribution is 7.89. The maximum atomic E-state index is 13.5. The molecule has 0 amide bonds. The molecule has 0 spiro atoms. The van der Waals surface area contributed by atoms with Crippen molar-refractivity contribution in [2.45, 2.75) is 30.2 Å². The summed E-state index contributed by atoms with van der Waals surface area (Å²) in [6.45, 7) is -0.207. The first kappa shape index (κ1) is 15.3. The van der Waals surface area contributed by atoms with Crippen molar-refractivity contribution in [3.8, 4) is 0 Å². The van der Waals surface area contributed by atoms with Crippen LogP contribution >= 0.6 is 0 Å². The number of sulfonamides is 1. The summed E-state index contributed by atoms with van der Waals surface area (Å²) in [7, 11) is -4.44. The van der Waals surface area contributed by atoms with Gasteiger partial charge < -0.3 is 5.11 Å². The predicted octanol–water partition coefficient (Wildman–Crippen LogP) is 1.54. The molecule has 20 heavy (non-hydrogen) atoms. The summed E-state index contributed by atoms with van der Waals surface area (Å²) >= 11 is 0. The minimum Gasteiger partial charge on any atom is -0.396 e. The predicted molar refractivity (Wildman–Crippen MR) is 64.9 cm³/mol. The lowest BCUT2D eigenvalue weighted by Crippen LogP contribution is -2.39. The van der Waals surface area contributed by atoms with Gasteiger partial charge in [0.05, 0.1) is 0 Å². The minimum absolute atomic E-state index is 0.207. The zero-order chi connectivity index (χ0) is 14.9. The third-order valence-corrected chi connectivity index (χ3v) is 4.97. The van der Waals surface area contributed by atoms with Gasteiger partial charge in [0.25, 0.3) is 0 Å². The van der Waals surface area contributed by atoms with Gasteiger partial charge in [0.15, 0.2) is 4.90 Å². The van der Waals surface area contributed by atoms with Crippen LogP contribution in [-0.2, 0) is 10.0 Å². The van der Waals surface area contributed by atoms with E-state index < -0.39 is 38.4 Å². The Labute approximate surface area is 114 Å². The number of rotatable bonds is 4. The quantitative estimate of drug-likeness (QED) is 0.887. The molecule has 2 N–H and O–H groups in total. The fourth-order valence-corrected chi connectivity index (χ4v) is 3.91. The van der Waals surface area contributed by atoms with Gasteiger partial charge in [-0.05, 0) is 18.8 Å². The van der Waals surface area contributed by atoms with E-state index in [1.54, 1.807) is 0 Å². The maximum absolute atomic E-state index is 13.5. The van der Waals surface area contributed by atoms with Crippen molar-refractivity contribution >= 4 is 10.0 Å². The number of nitrogens with one attached hydrogen (secondary N) is 1. The normalized spacial score (nSPS) is 23.2. The van der Waals surface area contributed by atoms with E-state index in [0.717, 1.165) is 0 Å². The molecule has 0 radical (unpaired) electrons. The third kappa shape index (κ3) is 2.97. The lowest BCUT2D eigenvalue weighted by Gasteiger charge is -2.19. The van der Waals surface area contributed by atoms with Gasteiger partial charge in [-0.25, -0.2) is 26.3 Å². The van der Waals surface area contributed by atoms with Crippen LogP contribution in [0.2, 0.25) is 0 Å². The Bertz CT molecular complexity index is 583. The molecule has 4 nitrogen and oxygen atoms in total. The van der Waals surface area contributed by atoms with Gasteiger partial charge in [-0.2, -0.15) is 0 Å². The maximum Gasteiger partial charge on any atom is 0.246 e. The molecular formula is C12H14F3NO3S. The number of aliphatic hydroxyl groups excluding tert-OH is 1. The summed E-state index contributed by atoms with van der Waals surface area (Å²) in [6.07, 6.45) is 1.83. The van der Waals surface area contributed by atoms with Gasteiger partial charge in [-0.15, -0.1) is 0 Å². The molecule has 1 aliphatic carbocycles. The first-order valence-corrected chi connectivity index (χ1v) is 7.61. The molecule has 0 saturated heterocycles. The second kappa shape index (κ2) is 5.71. The molecule has 2 atom stereocenters. The topological polar surface area (TPSA) is 66.4 Å². The third-order valence-electron chi connectivity index (χ3n) is 3.43. The van der Waals surface area contributed by atoms with Crippen molar-refractivity contribution in [2.75, 3.05) is 6.61 Å². The van der Waals surface area contributed by atoms with Crippen molar-refractivity contribution in [3.63, 3.8) is 0 Å². The van der Waals surface area contributed by atoms with E-state index in [1.165, 1.54) is 0 Å². The Kier molecular flexibility index (Phi) is 4.36. The molecule has 112 valence electrons. The Hall–Kier alpha value is -1.12. The standard InChI is InChI=1S/C12H14F3NO3S/c13-8-4-9(14)12(10(15)5-8)20(18,19)16-11-3-1-2-7(11)6-17/h4-5,7,11,16-17H,1-3,6H2. The molecule has 1 aromatic rings. The molecule has 0 heterocycles. The van der Waals surface area contributed by atoms with E-state index in [4.69, 9.17) is 5.11 Å². The number of benzene rings is 1. The first-order valence-electron chi connectivity index (χ1n) is 6.13. The SMILES string of the molecule is O=S(=O)(NC1CCCC1CO)c1c(F)cc(F)cc1F. The van der Waals surface area contributed by atoms with E-state index >= 15 is 0 Å². The zero-order valence-corrected chi connectivity index (χ0v) is 11.3.